The fourth-order valence-electron chi connectivity index (χ4n) is 6.66. The third kappa shape index (κ3) is 17.9. The highest BCUT2D eigenvalue weighted by molar-refractivity contribution is 5.93. The van der Waals surface area contributed by atoms with Crippen molar-refractivity contribution < 1.29 is 28.5 Å². The molecule has 0 aromatic heterocycles. The number of aliphatic imine (C=N–C) groups is 1. The van der Waals surface area contributed by atoms with Gasteiger partial charge in [0.25, 0.3) is 0 Å². The fraction of sp³-hybridized carbons (Fsp3) is 0.377. The quantitative estimate of drug-likeness (QED) is 0.0163. The first-order valence-corrected chi connectivity index (χ1v) is 22.6. The summed E-state index contributed by atoms with van der Waals surface area (Å²) < 4.78 is 23.0. The minimum absolute atomic E-state index is 0.214. The van der Waals surface area contributed by atoms with Crippen molar-refractivity contribution >= 4 is 35.2 Å². The summed E-state index contributed by atoms with van der Waals surface area (Å²) >= 11 is 0. The van der Waals surface area contributed by atoms with Gasteiger partial charge in [-0.3, -0.25) is 4.99 Å². The lowest BCUT2D eigenvalue weighted by Crippen LogP contribution is -2.11. The van der Waals surface area contributed by atoms with E-state index in [1.807, 2.05) is 48.5 Å². The Labute approximate surface area is 368 Å². The zero-order valence-electron chi connectivity index (χ0n) is 36.6. The van der Waals surface area contributed by atoms with Crippen LogP contribution in [0.4, 0.5) is 17.1 Å². The van der Waals surface area contributed by atoms with Crippen LogP contribution in [0.15, 0.2) is 137 Å². The monoisotopic (exact) mass is 837 g/mol. The van der Waals surface area contributed by atoms with Crippen molar-refractivity contribution in [1.82, 2.24) is 0 Å². The van der Waals surface area contributed by atoms with E-state index in [1.54, 1.807) is 72.9 Å². The molecule has 0 aliphatic rings. The van der Waals surface area contributed by atoms with Crippen LogP contribution >= 0.6 is 0 Å². The molecule has 0 aliphatic heterocycles. The van der Waals surface area contributed by atoms with Crippen LogP contribution in [0, 0.1) is 0 Å². The van der Waals surface area contributed by atoms with Crippen molar-refractivity contribution in [3.8, 4) is 23.0 Å². The second-order valence-electron chi connectivity index (χ2n) is 15.5. The largest absolute Gasteiger partial charge is 0.494 e. The molecule has 9 heteroatoms. The number of hydrogen-bond donors (Lipinski definition) is 0. The Hall–Kier alpha value is -6.09. The van der Waals surface area contributed by atoms with Crippen molar-refractivity contribution in [2.75, 3.05) is 13.2 Å². The maximum absolute atomic E-state index is 13.0. The van der Waals surface area contributed by atoms with E-state index in [-0.39, 0.29) is 11.3 Å². The summed E-state index contributed by atoms with van der Waals surface area (Å²) in [4.78, 5) is 30.5. The molecule has 326 valence electrons. The average Bonchev–Trinajstić information content (AvgIpc) is 3.30. The fourth-order valence-corrected chi connectivity index (χ4v) is 6.66. The smallest absolute Gasteiger partial charge is 0.343 e. The van der Waals surface area contributed by atoms with Crippen molar-refractivity contribution in [2.24, 2.45) is 15.2 Å². The normalized spacial score (nSPS) is 11.3. The van der Waals surface area contributed by atoms with Gasteiger partial charge >= 0.3 is 11.9 Å². The van der Waals surface area contributed by atoms with Gasteiger partial charge in [0.05, 0.1) is 41.4 Å². The predicted octanol–water partition coefficient (Wildman–Crippen LogP) is 15.3. The lowest BCUT2D eigenvalue weighted by atomic mass is 10.1. The van der Waals surface area contributed by atoms with Gasteiger partial charge in [0.1, 0.15) is 23.0 Å². The molecule has 0 spiro atoms. The summed E-state index contributed by atoms with van der Waals surface area (Å²) in [6, 6.07) is 35.3. The molecule has 0 heterocycles. The Kier molecular flexibility index (Phi) is 21.0. The number of unbranched alkanes of at least 4 members (excludes halogenated alkanes) is 14. The van der Waals surface area contributed by atoms with E-state index in [1.165, 1.54) is 96.0 Å². The number of esters is 2. The van der Waals surface area contributed by atoms with E-state index >= 15 is 0 Å². The standard InChI is InChI=1S/C53H63N3O6/c1-3-5-7-9-11-12-13-14-16-18-39-60-49-34-30-47(31-35-49)56-55-46-26-24-43(25-27-46)52(57)62-51-21-19-20-44(40-51)53(58)61-50-36-28-45(29-37-50)54-41-42-22-32-48(33-23-42)59-38-17-15-10-8-6-4-2/h19-37,40-41H,3-18,38-39H2,1-2H3. The molecule has 5 aromatic carbocycles. The molecule has 9 nitrogen and oxygen atoms in total. The Morgan fingerprint density at radius 2 is 0.871 bits per heavy atom. The molecule has 0 bridgehead atoms. The summed E-state index contributed by atoms with van der Waals surface area (Å²) in [6.07, 6.45) is 22.1. The van der Waals surface area contributed by atoms with Gasteiger partial charge < -0.3 is 18.9 Å². The van der Waals surface area contributed by atoms with E-state index in [2.05, 4.69) is 29.1 Å². The number of rotatable bonds is 28. The molecular formula is C53H63N3O6. The molecule has 0 N–H and O–H groups in total. The summed E-state index contributed by atoms with van der Waals surface area (Å²) in [6.45, 7) is 5.93. The number of benzene rings is 5. The molecule has 0 saturated carbocycles. The number of nitrogens with zero attached hydrogens (tertiary/aromatic N) is 3. The Morgan fingerprint density at radius 1 is 0.435 bits per heavy atom. The van der Waals surface area contributed by atoms with Crippen LogP contribution in [0.1, 0.15) is 143 Å². The summed E-state index contributed by atoms with van der Waals surface area (Å²) in [5.41, 5.74) is 3.51. The van der Waals surface area contributed by atoms with Crippen LogP contribution in [-0.4, -0.2) is 31.4 Å². The molecule has 0 fully saturated rings. The summed E-state index contributed by atoms with van der Waals surface area (Å²) in [7, 11) is 0. The topological polar surface area (TPSA) is 108 Å². The van der Waals surface area contributed by atoms with Crippen LogP contribution in [0.2, 0.25) is 0 Å². The maximum Gasteiger partial charge on any atom is 0.343 e. The molecule has 0 amide bonds. The first-order valence-electron chi connectivity index (χ1n) is 22.6. The molecule has 5 aromatic rings. The van der Waals surface area contributed by atoms with Crippen LogP contribution in [0.25, 0.3) is 0 Å². The van der Waals surface area contributed by atoms with E-state index < -0.39 is 11.9 Å². The van der Waals surface area contributed by atoms with Gasteiger partial charge in [0.2, 0.25) is 0 Å². The molecule has 5 rings (SSSR count). The van der Waals surface area contributed by atoms with Gasteiger partial charge in [-0.25, -0.2) is 9.59 Å². The van der Waals surface area contributed by atoms with Crippen LogP contribution < -0.4 is 18.9 Å². The Bertz CT molecular complexity index is 2100. The number of ether oxygens (including phenoxy) is 4. The molecule has 0 unspecified atom stereocenters. The molecule has 0 atom stereocenters. The second-order valence-corrected chi connectivity index (χ2v) is 15.5. The van der Waals surface area contributed by atoms with Crippen molar-refractivity contribution in [2.45, 2.75) is 117 Å². The minimum atomic E-state index is -0.584. The van der Waals surface area contributed by atoms with Crippen LogP contribution in [0.5, 0.6) is 23.0 Å². The van der Waals surface area contributed by atoms with E-state index in [0.717, 1.165) is 36.5 Å². The van der Waals surface area contributed by atoms with E-state index in [0.29, 0.717) is 35.0 Å². The van der Waals surface area contributed by atoms with Gasteiger partial charge in [-0.05, 0) is 134 Å². The number of azo groups is 1. The third-order valence-corrected chi connectivity index (χ3v) is 10.3. The number of carbonyl (C=O) groups excluding carboxylic acids is 2. The van der Waals surface area contributed by atoms with Gasteiger partial charge in [0, 0.05) is 6.21 Å². The van der Waals surface area contributed by atoms with Gasteiger partial charge in [-0.15, -0.1) is 0 Å². The van der Waals surface area contributed by atoms with Crippen molar-refractivity contribution in [3.05, 3.63) is 138 Å². The molecule has 62 heavy (non-hydrogen) atoms. The van der Waals surface area contributed by atoms with E-state index in [9.17, 15) is 9.59 Å². The average molecular weight is 838 g/mol. The number of hydrogen-bond acceptors (Lipinski definition) is 9. The van der Waals surface area contributed by atoms with Gasteiger partial charge in [-0.2, -0.15) is 10.2 Å². The van der Waals surface area contributed by atoms with Gasteiger partial charge in [0.15, 0.2) is 0 Å². The number of carbonyl (C=O) groups is 2. The Balaban J connectivity index is 0.998. The van der Waals surface area contributed by atoms with Crippen LogP contribution in [-0.2, 0) is 0 Å². The van der Waals surface area contributed by atoms with Crippen LogP contribution in [0.3, 0.4) is 0 Å². The highest BCUT2D eigenvalue weighted by atomic mass is 16.5. The predicted molar refractivity (Wildman–Crippen MR) is 250 cm³/mol. The first kappa shape index (κ1) is 47.0. The SMILES string of the molecule is CCCCCCCCCCCCOc1ccc(N=Nc2ccc(C(=O)Oc3cccc(C(=O)Oc4ccc(N=Cc5ccc(OCCCCCCCC)cc5)cc4)c3)cc2)cc1. The third-order valence-electron chi connectivity index (χ3n) is 10.3. The van der Waals surface area contributed by atoms with Gasteiger partial charge in [-0.1, -0.05) is 110 Å². The zero-order chi connectivity index (χ0) is 43.5. The van der Waals surface area contributed by atoms with Crippen molar-refractivity contribution in [3.63, 3.8) is 0 Å². The molecule has 0 aliphatic carbocycles. The molecule has 0 saturated heterocycles. The molecule has 0 radical (unpaired) electrons. The summed E-state index contributed by atoms with van der Waals surface area (Å²) in [5.74, 6) is 1.09. The lowest BCUT2D eigenvalue weighted by molar-refractivity contribution is 0.0714. The minimum Gasteiger partial charge on any atom is -0.494 e. The lowest BCUT2D eigenvalue weighted by Gasteiger charge is -2.08. The maximum atomic E-state index is 13.0. The first-order chi connectivity index (χ1) is 30.5. The zero-order valence-corrected chi connectivity index (χ0v) is 36.6. The summed E-state index contributed by atoms with van der Waals surface area (Å²) in [5, 5.41) is 8.62. The Morgan fingerprint density at radius 3 is 1.42 bits per heavy atom. The highest BCUT2D eigenvalue weighted by Gasteiger charge is 2.13. The van der Waals surface area contributed by atoms with E-state index in [4.69, 9.17) is 18.9 Å². The molecular weight excluding hydrogens is 775 g/mol. The highest BCUT2D eigenvalue weighted by Crippen LogP contribution is 2.24. The second kappa shape index (κ2) is 27.7. The van der Waals surface area contributed by atoms with Crippen molar-refractivity contribution in [1.29, 1.82) is 0 Å².